The Labute approximate surface area is 123 Å². The van der Waals surface area contributed by atoms with Crippen LogP contribution in [0.15, 0.2) is 12.2 Å². The van der Waals surface area contributed by atoms with E-state index in [4.69, 9.17) is 0 Å². The number of carbonyl (C=O) groups excluding carboxylic acids is 1. The highest BCUT2D eigenvalue weighted by molar-refractivity contribution is 5.78. The quantitative estimate of drug-likeness (QED) is 0.731. The van der Waals surface area contributed by atoms with Gasteiger partial charge in [0.1, 0.15) is 0 Å². The van der Waals surface area contributed by atoms with Gasteiger partial charge in [-0.3, -0.25) is 14.6 Å². The zero-order valence-corrected chi connectivity index (χ0v) is 12.9. The van der Waals surface area contributed by atoms with Gasteiger partial charge in [0.2, 0.25) is 5.91 Å². The Balaban J connectivity index is 1.71. The molecule has 2 rings (SSSR count). The summed E-state index contributed by atoms with van der Waals surface area (Å²) in [7, 11) is 0. The highest BCUT2D eigenvalue weighted by Gasteiger charge is 2.22. The van der Waals surface area contributed by atoms with Crippen molar-refractivity contribution in [2.45, 2.75) is 32.6 Å². The van der Waals surface area contributed by atoms with Gasteiger partial charge in [-0.05, 0) is 19.8 Å². The maximum absolute atomic E-state index is 12.3. The van der Waals surface area contributed by atoms with Crippen LogP contribution >= 0.6 is 0 Å². The van der Waals surface area contributed by atoms with Gasteiger partial charge >= 0.3 is 0 Å². The van der Waals surface area contributed by atoms with Crippen LogP contribution in [0.3, 0.4) is 0 Å². The van der Waals surface area contributed by atoms with Crippen LogP contribution in [0, 0.1) is 0 Å². The fraction of sp³-hybridized carbons (Fsp3) is 0.812. The molecule has 0 aromatic heterocycles. The Kier molecular flexibility index (Phi) is 6.05. The summed E-state index contributed by atoms with van der Waals surface area (Å²) in [6.45, 7) is 13.7. The van der Waals surface area contributed by atoms with Gasteiger partial charge in [-0.2, -0.15) is 0 Å². The molecule has 2 saturated heterocycles. The van der Waals surface area contributed by atoms with Gasteiger partial charge < -0.3 is 4.90 Å². The smallest absolute Gasteiger partial charge is 0.236 e. The molecule has 114 valence electrons. The van der Waals surface area contributed by atoms with Gasteiger partial charge in [-0.15, -0.1) is 0 Å². The number of likely N-dealkylation sites (tertiary alicyclic amines) is 1. The van der Waals surface area contributed by atoms with Crippen molar-refractivity contribution in [3.05, 3.63) is 12.2 Å². The van der Waals surface area contributed by atoms with Crippen molar-refractivity contribution >= 4 is 5.91 Å². The molecule has 0 atom stereocenters. The first kappa shape index (κ1) is 15.5. The lowest BCUT2D eigenvalue weighted by Gasteiger charge is -2.35. The number of hydrogen-bond acceptors (Lipinski definition) is 3. The van der Waals surface area contributed by atoms with Crippen molar-refractivity contribution in [2.24, 2.45) is 0 Å². The van der Waals surface area contributed by atoms with Crippen LogP contribution < -0.4 is 0 Å². The van der Waals surface area contributed by atoms with Crippen molar-refractivity contribution in [2.75, 3.05) is 52.4 Å². The van der Waals surface area contributed by atoms with Crippen LogP contribution in [0.25, 0.3) is 0 Å². The van der Waals surface area contributed by atoms with Gasteiger partial charge in [0.25, 0.3) is 0 Å². The normalized spacial score (nSPS) is 22.6. The fourth-order valence-electron chi connectivity index (χ4n) is 3.10. The van der Waals surface area contributed by atoms with Gasteiger partial charge in [-0.1, -0.05) is 25.0 Å². The third kappa shape index (κ3) is 4.91. The minimum atomic E-state index is 0.334. The minimum Gasteiger partial charge on any atom is -0.342 e. The molecule has 2 heterocycles. The van der Waals surface area contributed by atoms with E-state index in [-0.39, 0.29) is 0 Å². The lowest BCUT2D eigenvalue weighted by molar-refractivity contribution is -0.132. The standard InChI is InChI=1S/C16H29N3O/c1-15(2)13-17-9-11-18(12-10-17)14-16(20)19-7-5-3-4-6-8-19/h1,3-14H2,2H3. The summed E-state index contributed by atoms with van der Waals surface area (Å²) in [5.41, 5.74) is 1.22. The summed E-state index contributed by atoms with van der Waals surface area (Å²) in [6.07, 6.45) is 4.92. The van der Waals surface area contributed by atoms with E-state index < -0.39 is 0 Å². The van der Waals surface area contributed by atoms with Crippen LogP contribution in [-0.4, -0.2) is 73.0 Å². The second-order valence-corrected chi connectivity index (χ2v) is 6.30. The Morgan fingerprint density at radius 3 is 1.85 bits per heavy atom. The summed E-state index contributed by atoms with van der Waals surface area (Å²) in [6, 6.07) is 0. The van der Waals surface area contributed by atoms with Crippen molar-refractivity contribution in [3.63, 3.8) is 0 Å². The third-order valence-electron chi connectivity index (χ3n) is 4.28. The summed E-state index contributed by atoms with van der Waals surface area (Å²) in [5, 5.41) is 0. The Morgan fingerprint density at radius 1 is 0.850 bits per heavy atom. The van der Waals surface area contributed by atoms with Crippen molar-refractivity contribution in [1.82, 2.24) is 14.7 Å². The van der Waals surface area contributed by atoms with Gasteiger partial charge in [0.05, 0.1) is 6.54 Å². The number of nitrogens with zero attached hydrogens (tertiary/aromatic N) is 3. The Morgan fingerprint density at radius 2 is 1.35 bits per heavy atom. The molecule has 2 aliphatic heterocycles. The largest absolute Gasteiger partial charge is 0.342 e. The van der Waals surface area contributed by atoms with E-state index >= 15 is 0 Å². The van der Waals surface area contributed by atoms with Crippen LogP contribution in [0.2, 0.25) is 0 Å². The van der Waals surface area contributed by atoms with E-state index in [0.717, 1.165) is 45.8 Å². The van der Waals surface area contributed by atoms with Gasteiger partial charge in [0.15, 0.2) is 0 Å². The third-order valence-corrected chi connectivity index (χ3v) is 4.28. The van der Waals surface area contributed by atoms with Crippen LogP contribution in [0.4, 0.5) is 0 Å². The Bertz CT molecular complexity index is 327. The van der Waals surface area contributed by atoms with E-state index in [2.05, 4.69) is 28.2 Å². The minimum absolute atomic E-state index is 0.334. The molecule has 0 aliphatic carbocycles. The molecule has 0 N–H and O–H groups in total. The van der Waals surface area contributed by atoms with Crippen LogP contribution in [-0.2, 0) is 4.79 Å². The predicted octanol–water partition coefficient (Wildman–Crippen LogP) is 1.58. The lowest BCUT2D eigenvalue weighted by Crippen LogP contribution is -2.50. The van der Waals surface area contributed by atoms with Crippen LogP contribution in [0.5, 0.6) is 0 Å². The first-order chi connectivity index (χ1) is 9.65. The highest BCUT2D eigenvalue weighted by atomic mass is 16.2. The number of hydrogen-bond donors (Lipinski definition) is 0. The summed E-state index contributed by atoms with van der Waals surface area (Å²) in [5.74, 6) is 0.334. The van der Waals surface area contributed by atoms with Crippen molar-refractivity contribution in [1.29, 1.82) is 0 Å². The SMILES string of the molecule is C=C(C)CN1CCN(CC(=O)N2CCCCCC2)CC1. The zero-order chi connectivity index (χ0) is 14.4. The molecule has 0 radical (unpaired) electrons. The number of rotatable bonds is 4. The first-order valence-corrected chi connectivity index (χ1v) is 8.02. The maximum Gasteiger partial charge on any atom is 0.236 e. The molecule has 4 nitrogen and oxygen atoms in total. The van der Waals surface area contributed by atoms with Gasteiger partial charge in [-0.25, -0.2) is 0 Å². The molecule has 0 bridgehead atoms. The van der Waals surface area contributed by atoms with E-state index in [1.165, 1.54) is 31.3 Å². The molecule has 0 unspecified atom stereocenters. The van der Waals surface area contributed by atoms with E-state index in [1.54, 1.807) is 0 Å². The monoisotopic (exact) mass is 279 g/mol. The number of piperazine rings is 1. The Hall–Kier alpha value is -0.870. The number of amides is 1. The summed E-state index contributed by atoms with van der Waals surface area (Å²) in [4.78, 5) is 19.1. The lowest BCUT2D eigenvalue weighted by atomic mass is 10.2. The summed E-state index contributed by atoms with van der Waals surface area (Å²) < 4.78 is 0. The average Bonchev–Trinajstić information content (AvgIpc) is 2.69. The maximum atomic E-state index is 12.3. The molecule has 1 amide bonds. The molecule has 0 spiro atoms. The van der Waals surface area contributed by atoms with Gasteiger partial charge in [0, 0.05) is 45.8 Å². The molecule has 0 aromatic rings. The van der Waals surface area contributed by atoms with Crippen LogP contribution in [0.1, 0.15) is 32.6 Å². The van der Waals surface area contributed by atoms with E-state index in [0.29, 0.717) is 12.5 Å². The topological polar surface area (TPSA) is 26.8 Å². The second-order valence-electron chi connectivity index (χ2n) is 6.30. The molecule has 20 heavy (non-hydrogen) atoms. The molecule has 2 fully saturated rings. The molecule has 0 aromatic carbocycles. The molecule has 4 heteroatoms. The molecule has 2 aliphatic rings. The highest BCUT2D eigenvalue weighted by Crippen LogP contribution is 2.11. The van der Waals surface area contributed by atoms with E-state index in [9.17, 15) is 4.79 Å². The fourth-order valence-corrected chi connectivity index (χ4v) is 3.10. The molecular formula is C16H29N3O. The van der Waals surface area contributed by atoms with Crippen molar-refractivity contribution < 1.29 is 4.79 Å². The average molecular weight is 279 g/mol. The molecular weight excluding hydrogens is 250 g/mol. The number of carbonyl (C=O) groups is 1. The zero-order valence-electron chi connectivity index (χ0n) is 12.9. The summed E-state index contributed by atoms with van der Waals surface area (Å²) >= 11 is 0. The molecule has 0 saturated carbocycles. The van der Waals surface area contributed by atoms with Crippen molar-refractivity contribution in [3.8, 4) is 0 Å². The first-order valence-electron chi connectivity index (χ1n) is 8.02. The second kappa shape index (κ2) is 7.79. The van der Waals surface area contributed by atoms with E-state index in [1.807, 2.05) is 0 Å². The predicted molar refractivity (Wildman–Crippen MR) is 82.7 cm³/mol.